The molecule has 2 N–H and O–H groups in total. The zero-order valence-corrected chi connectivity index (χ0v) is 12.3. The van der Waals surface area contributed by atoms with Crippen molar-refractivity contribution in [2.75, 3.05) is 20.2 Å². The van der Waals surface area contributed by atoms with E-state index in [0.29, 0.717) is 23.8 Å². The first-order valence-corrected chi connectivity index (χ1v) is 7.36. The first-order chi connectivity index (χ1) is 9.71. The van der Waals surface area contributed by atoms with Gasteiger partial charge in [0.2, 0.25) is 0 Å². The van der Waals surface area contributed by atoms with Crippen molar-refractivity contribution in [3.05, 3.63) is 29.8 Å². The Kier molecular flexibility index (Phi) is 5.01. The third-order valence-electron chi connectivity index (χ3n) is 4.24. The summed E-state index contributed by atoms with van der Waals surface area (Å²) in [5, 5.41) is 0. The van der Waals surface area contributed by atoms with E-state index in [1.165, 1.54) is 0 Å². The molecule has 1 aliphatic carbocycles. The van der Waals surface area contributed by atoms with Crippen LogP contribution in [-0.2, 0) is 0 Å². The lowest BCUT2D eigenvalue weighted by Gasteiger charge is -2.32. The van der Waals surface area contributed by atoms with Gasteiger partial charge in [0.05, 0.1) is 7.11 Å². The number of nitrogens with two attached hydrogens (primary N) is 1. The summed E-state index contributed by atoms with van der Waals surface area (Å²) >= 11 is 0. The zero-order valence-electron chi connectivity index (χ0n) is 12.3. The number of nitrogens with zero attached hydrogens (tertiary/aromatic N) is 1. The summed E-state index contributed by atoms with van der Waals surface area (Å²) in [6.07, 6.45) is 3.35. The number of carbonyl (C=O) groups excluding carboxylic acids is 1. The van der Waals surface area contributed by atoms with Gasteiger partial charge in [-0.05, 0) is 50.4 Å². The Morgan fingerprint density at radius 1 is 1.45 bits per heavy atom. The van der Waals surface area contributed by atoms with Gasteiger partial charge >= 0.3 is 0 Å². The minimum Gasteiger partial charge on any atom is -0.497 e. The van der Waals surface area contributed by atoms with Gasteiger partial charge in [-0.25, -0.2) is 0 Å². The van der Waals surface area contributed by atoms with Crippen molar-refractivity contribution in [1.82, 2.24) is 4.90 Å². The van der Waals surface area contributed by atoms with Gasteiger partial charge in [-0.1, -0.05) is 12.5 Å². The van der Waals surface area contributed by atoms with E-state index in [2.05, 4.69) is 0 Å². The molecule has 0 spiro atoms. The second-order valence-electron chi connectivity index (χ2n) is 5.32. The number of rotatable bonds is 5. The largest absolute Gasteiger partial charge is 0.497 e. The van der Waals surface area contributed by atoms with Gasteiger partial charge in [0, 0.05) is 18.2 Å². The Bertz CT molecular complexity index is 462. The number of hydrogen-bond acceptors (Lipinski definition) is 3. The van der Waals surface area contributed by atoms with E-state index in [-0.39, 0.29) is 11.9 Å². The molecule has 1 aromatic rings. The molecular formula is C16H24N2O2. The second-order valence-corrected chi connectivity index (χ2v) is 5.32. The molecule has 1 fully saturated rings. The van der Waals surface area contributed by atoms with Crippen LogP contribution in [0.25, 0.3) is 0 Å². The molecule has 0 saturated heterocycles. The van der Waals surface area contributed by atoms with Gasteiger partial charge in [0.15, 0.2) is 0 Å². The first kappa shape index (κ1) is 14.9. The van der Waals surface area contributed by atoms with E-state index in [9.17, 15) is 4.79 Å². The van der Waals surface area contributed by atoms with Gasteiger partial charge in [0.25, 0.3) is 5.91 Å². The molecule has 1 aromatic carbocycles. The average Bonchev–Trinajstić information content (AvgIpc) is 2.96. The molecule has 1 amide bonds. The molecule has 110 valence electrons. The van der Waals surface area contributed by atoms with Gasteiger partial charge in [-0.3, -0.25) is 4.79 Å². The number of methoxy groups -OCH3 is 1. The summed E-state index contributed by atoms with van der Waals surface area (Å²) in [6.45, 7) is 3.41. The summed E-state index contributed by atoms with van der Waals surface area (Å²) in [5.74, 6) is 1.23. The van der Waals surface area contributed by atoms with Crippen molar-refractivity contribution in [1.29, 1.82) is 0 Å². The minimum atomic E-state index is 0.0803. The van der Waals surface area contributed by atoms with Crippen LogP contribution >= 0.6 is 0 Å². The van der Waals surface area contributed by atoms with Crippen LogP contribution in [0.2, 0.25) is 0 Å². The summed E-state index contributed by atoms with van der Waals surface area (Å²) in [4.78, 5) is 14.7. The van der Waals surface area contributed by atoms with E-state index in [0.717, 1.165) is 25.8 Å². The van der Waals surface area contributed by atoms with Crippen molar-refractivity contribution in [3.63, 3.8) is 0 Å². The Hall–Kier alpha value is -1.55. The second kappa shape index (κ2) is 6.75. The van der Waals surface area contributed by atoms with Gasteiger partial charge in [-0.2, -0.15) is 0 Å². The highest BCUT2D eigenvalue weighted by Crippen LogP contribution is 2.30. The summed E-state index contributed by atoms with van der Waals surface area (Å²) in [6, 6.07) is 7.64. The molecule has 0 radical (unpaired) electrons. The van der Waals surface area contributed by atoms with E-state index in [1.54, 1.807) is 13.2 Å². The first-order valence-electron chi connectivity index (χ1n) is 7.36. The molecule has 0 aromatic heterocycles. The highest BCUT2D eigenvalue weighted by atomic mass is 16.5. The normalized spacial score (nSPS) is 21.8. The van der Waals surface area contributed by atoms with Crippen LogP contribution in [0.5, 0.6) is 5.75 Å². The van der Waals surface area contributed by atoms with Crippen molar-refractivity contribution in [3.8, 4) is 5.75 Å². The lowest BCUT2D eigenvalue weighted by atomic mass is 10.0. The maximum Gasteiger partial charge on any atom is 0.254 e. The van der Waals surface area contributed by atoms with Crippen LogP contribution in [0, 0.1) is 5.92 Å². The third-order valence-corrected chi connectivity index (χ3v) is 4.24. The monoisotopic (exact) mass is 276 g/mol. The number of ether oxygens (including phenoxy) is 1. The highest BCUT2D eigenvalue weighted by Gasteiger charge is 2.33. The lowest BCUT2D eigenvalue weighted by Crippen LogP contribution is -2.44. The van der Waals surface area contributed by atoms with Crippen LogP contribution in [0.4, 0.5) is 0 Å². The molecule has 4 nitrogen and oxygen atoms in total. The molecule has 0 aliphatic heterocycles. The predicted octanol–water partition coefficient (Wildman–Crippen LogP) is 2.28. The maximum atomic E-state index is 12.7. The predicted molar refractivity (Wildman–Crippen MR) is 79.9 cm³/mol. The molecule has 2 atom stereocenters. The third kappa shape index (κ3) is 2.96. The summed E-state index contributed by atoms with van der Waals surface area (Å²) in [7, 11) is 1.61. The quantitative estimate of drug-likeness (QED) is 0.897. The topological polar surface area (TPSA) is 55.6 Å². The van der Waals surface area contributed by atoms with Crippen molar-refractivity contribution < 1.29 is 9.53 Å². The fourth-order valence-corrected chi connectivity index (χ4v) is 3.15. The Balaban J connectivity index is 2.20. The highest BCUT2D eigenvalue weighted by molar-refractivity contribution is 5.94. The molecule has 2 rings (SSSR count). The maximum absolute atomic E-state index is 12.7. The molecular weight excluding hydrogens is 252 g/mol. The van der Waals surface area contributed by atoms with Crippen LogP contribution in [0.1, 0.15) is 36.5 Å². The summed E-state index contributed by atoms with van der Waals surface area (Å²) < 4.78 is 5.20. The van der Waals surface area contributed by atoms with E-state index in [1.807, 2.05) is 30.0 Å². The fourth-order valence-electron chi connectivity index (χ4n) is 3.15. The minimum absolute atomic E-state index is 0.0803. The Morgan fingerprint density at radius 3 is 2.90 bits per heavy atom. The lowest BCUT2D eigenvalue weighted by molar-refractivity contribution is 0.0651. The Labute approximate surface area is 120 Å². The molecule has 1 aliphatic rings. The van der Waals surface area contributed by atoms with Crippen molar-refractivity contribution >= 4 is 5.91 Å². The van der Waals surface area contributed by atoms with Gasteiger partial charge in [-0.15, -0.1) is 0 Å². The molecule has 0 heterocycles. The zero-order chi connectivity index (χ0) is 14.5. The van der Waals surface area contributed by atoms with Crippen LogP contribution in [0.3, 0.4) is 0 Å². The van der Waals surface area contributed by atoms with E-state index < -0.39 is 0 Å². The van der Waals surface area contributed by atoms with Crippen molar-refractivity contribution in [2.24, 2.45) is 11.7 Å². The molecule has 0 bridgehead atoms. The van der Waals surface area contributed by atoms with Crippen molar-refractivity contribution in [2.45, 2.75) is 32.2 Å². The summed E-state index contributed by atoms with van der Waals surface area (Å²) in [5.41, 5.74) is 6.53. The van der Waals surface area contributed by atoms with Gasteiger partial charge < -0.3 is 15.4 Å². The number of amides is 1. The number of carbonyl (C=O) groups is 1. The number of hydrogen-bond donors (Lipinski definition) is 1. The SMILES string of the molecule is CCN(C(=O)c1cccc(OC)c1)C1CCCC1CN. The molecule has 4 heteroatoms. The van der Waals surface area contributed by atoms with E-state index in [4.69, 9.17) is 10.5 Å². The van der Waals surface area contributed by atoms with E-state index >= 15 is 0 Å². The smallest absolute Gasteiger partial charge is 0.254 e. The van der Waals surface area contributed by atoms with Crippen LogP contribution in [0.15, 0.2) is 24.3 Å². The standard InChI is InChI=1S/C16H24N2O2/c1-3-18(15-9-5-7-13(15)11-17)16(19)12-6-4-8-14(10-12)20-2/h4,6,8,10,13,15H,3,5,7,9,11,17H2,1-2H3. The number of benzene rings is 1. The van der Waals surface area contributed by atoms with Crippen LogP contribution in [-0.4, -0.2) is 37.0 Å². The molecule has 2 unspecified atom stereocenters. The molecule has 1 saturated carbocycles. The molecule has 20 heavy (non-hydrogen) atoms. The average molecular weight is 276 g/mol. The Morgan fingerprint density at radius 2 is 2.25 bits per heavy atom. The van der Waals surface area contributed by atoms with Gasteiger partial charge in [0.1, 0.15) is 5.75 Å². The fraction of sp³-hybridized carbons (Fsp3) is 0.562. The van der Waals surface area contributed by atoms with Crippen LogP contribution < -0.4 is 10.5 Å².